The number of hydrogen-bond donors (Lipinski definition) is 2. The number of hydrogen-bond acceptors (Lipinski definition) is 4. The van der Waals surface area contributed by atoms with Gasteiger partial charge in [-0.1, -0.05) is 12.8 Å². The third kappa shape index (κ3) is 3.80. The Morgan fingerprint density at radius 3 is 2.70 bits per heavy atom. The molecule has 1 aliphatic rings. The van der Waals surface area contributed by atoms with E-state index in [9.17, 15) is 13.2 Å². The van der Waals surface area contributed by atoms with E-state index in [4.69, 9.17) is 5.11 Å². The molecule has 0 radical (unpaired) electrons. The molecule has 1 aromatic rings. The molecular formula is C13H19NO4S2. The molecule has 1 fully saturated rings. The predicted molar refractivity (Wildman–Crippen MR) is 77.4 cm³/mol. The molecule has 1 saturated carbocycles. The third-order valence-corrected chi connectivity index (χ3v) is 6.81. The Kier molecular flexibility index (Phi) is 4.82. The van der Waals surface area contributed by atoms with Gasteiger partial charge in [0, 0.05) is 10.9 Å². The van der Waals surface area contributed by atoms with Crippen molar-refractivity contribution < 1.29 is 18.3 Å². The lowest BCUT2D eigenvalue weighted by Crippen LogP contribution is -2.36. The standard InChI is InChI=1S/C13H19NO4S2/c1-9(10-4-2-3-5-10)14-20(17,18)13-7-6-11(19-13)8-12(15)16/h6-7,9-10,14H,2-5,8H2,1H3,(H,15,16)/t9-/m1/s1. The topological polar surface area (TPSA) is 83.5 Å². The van der Waals surface area contributed by atoms with Crippen LogP contribution >= 0.6 is 11.3 Å². The highest BCUT2D eigenvalue weighted by Crippen LogP contribution is 2.29. The zero-order valence-corrected chi connectivity index (χ0v) is 13.0. The summed E-state index contributed by atoms with van der Waals surface area (Å²) < 4.78 is 27.4. The summed E-state index contributed by atoms with van der Waals surface area (Å²) in [5, 5.41) is 8.71. The largest absolute Gasteiger partial charge is 0.481 e. The summed E-state index contributed by atoms with van der Waals surface area (Å²) in [7, 11) is -3.54. The molecule has 1 heterocycles. The highest BCUT2D eigenvalue weighted by atomic mass is 32.2. The maximum Gasteiger partial charge on any atom is 0.308 e. The first-order valence-electron chi connectivity index (χ1n) is 6.71. The van der Waals surface area contributed by atoms with Crippen LogP contribution in [0.1, 0.15) is 37.5 Å². The summed E-state index contributed by atoms with van der Waals surface area (Å²) in [6.45, 7) is 1.90. The summed E-state index contributed by atoms with van der Waals surface area (Å²) in [6, 6.07) is 2.97. The number of thiophene rings is 1. The molecule has 1 aromatic heterocycles. The fourth-order valence-electron chi connectivity index (χ4n) is 2.60. The van der Waals surface area contributed by atoms with Crippen molar-refractivity contribution in [3.8, 4) is 0 Å². The highest BCUT2D eigenvalue weighted by Gasteiger charge is 2.27. The van der Waals surface area contributed by atoms with Gasteiger partial charge in [0.05, 0.1) is 6.42 Å². The number of carbonyl (C=O) groups is 1. The second kappa shape index (κ2) is 6.24. The summed E-state index contributed by atoms with van der Waals surface area (Å²) in [6.07, 6.45) is 4.33. The van der Waals surface area contributed by atoms with Gasteiger partial charge in [0.2, 0.25) is 10.0 Å². The number of sulfonamides is 1. The van der Waals surface area contributed by atoms with Gasteiger partial charge in [0.25, 0.3) is 0 Å². The minimum atomic E-state index is -3.54. The quantitative estimate of drug-likeness (QED) is 0.843. The third-order valence-electron chi connectivity index (χ3n) is 3.68. The Morgan fingerprint density at radius 2 is 2.10 bits per heavy atom. The van der Waals surface area contributed by atoms with E-state index in [0.29, 0.717) is 10.8 Å². The second-order valence-corrected chi connectivity index (χ2v) is 8.35. The van der Waals surface area contributed by atoms with Crippen molar-refractivity contribution in [2.45, 2.75) is 49.3 Å². The van der Waals surface area contributed by atoms with Crippen LogP contribution in [0.4, 0.5) is 0 Å². The smallest absolute Gasteiger partial charge is 0.308 e. The molecule has 0 spiro atoms. The van der Waals surface area contributed by atoms with E-state index in [0.717, 1.165) is 24.2 Å². The van der Waals surface area contributed by atoms with Gasteiger partial charge in [0.15, 0.2) is 0 Å². The van der Waals surface area contributed by atoms with Gasteiger partial charge in [-0.3, -0.25) is 4.79 Å². The highest BCUT2D eigenvalue weighted by molar-refractivity contribution is 7.91. The van der Waals surface area contributed by atoms with E-state index in [1.807, 2.05) is 6.92 Å². The normalized spacial score (nSPS) is 18.2. The van der Waals surface area contributed by atoms with E-state index in [1.54, 1.807) is 6.07 Å². The van der Waals surface area contributed by atoms with Crippen LogP contribution in [0.5, 0.6) is 0 Å². The average Bonchev–Trinajstić information content (AvgIpc) is 2.97. The van der Waals surface area contributed by atoms with Gasteiger partial charge in [-0.15, -0.1) is 11.3 Å². The molecule has 20 heavy (non-hydrogen) atoms. The van der Waals surface area contributed by atoms with Gasteiger partial charge in [-0.25, -0.2) is 13.1 Å². The molecule has 2 rings (SSSR count). The lowest BCUT2D eigenvalue weighted by atomic mass is 10.0. The molecule has 1 aliphatic carbocycles. The van der Waals surface area contributed by atoms with Gasteiger partial charge < -0.3 is 5.11 Å². The Balaban J connectivity index is 2.05. The average molecular weight is 317 g/mol. The second-order valence-electron chi connectivity index (χ2n) is 5.25. The number of carboxylic acid groups (broad SMARTS) is 1. The Morgan fingerprint density at radius 1 is 1.45 bits per heavy atom. The number of rotatable bonds is 6. The van der Waals surface area contributed by atoms with Gasteiger partial charge in [-0.05, 0) is 37.8 Å². The van der Waals surface area contributed by atoms with Crippen LogP contribution in [0.15, 0.2) is 16.3 Å². The van der Waals surface area contributed by atoms with Crippen molar-refractivity contribution in [2.75, 3.05) is 0 Å². The van der Waals surface area contributed by atoms with Gasteiger partial charge in [-0.2, -0.15) is 0 Å². The first-order chi connectivity index (χ1) is 9.38. The molecule has 112 valence electrons. The lowest BCUT2D eigenvalue weighted by Gasteiger charge is -2.19. The Labute approximate surface area is 123 Å². The molecule has 0 unspecified atom stereocenters. The number of nitrogens with one attached hydrogen (secondary N) is 1. The minimum absolute atomic E-state index is 0.0764. The van der Waals surface area contributed by atoms with Crippen molar-refractivity contribution in [3.63, 3.8) is 0 Å². The van der Waals surface area contributed by atoms with E-state index >= 15 is 0 Å². The Bertz CT molecular complexity index is 573. The fourth-order valence-corrected chi connectivity index (χ4v) is 5.28. The number of carboxylic acids is 1. The molecule has 2 N–H and O–H groups in total. The monoisotopic (exact) mass is 317 g/mol. The van der Waals surface area contributed by atoms with Crippen LogP contribution in [0.3, 0.4) is 0 Å². The molecule has 0 aliphatic heterocycles. The first-order valence-corrected chi connectivity index (χ1v) is 9.01. The molecule has 1 atom stereocenters. The first kappa shape index (κ1) is 15.5. The van der Waals surface area contributed by atoms with Gasteiger partial charge in [0.1, 0.15) is 4.21 Å². The van der Waals surface area contributed by atoms with Crippen LogP contribution in [-0.2, 0) is 21.2 Å². The summed E-state index contributed by atoms with van der Waals surface area (Å²) in [5.74, 6) is -0.550. The molecule has 0 saturated heterocycles. The fraction of sp³-hybridized carbons (Fsp3) is 0.615. The maximum atomic E-state index is 12.3. The van der Waals surface area contributed by atoms with Crippen molar-refractivity contribution >= 4 is 27.3 Å². The van der Waals surface area contributed by atoms with E-state index in [-0.39, 0.29) is 16.7 Å². The van der Waals surface area contributed by atoms with Crippen LogP contribution in [0.25, 0.3) is 0 Å². The van der Waals surface area contributed by atoms with Crippen molar-refractivity contribution in [1.82, 2.24) is 4.72 Å². The maximum absolute atomic E-state index is 12.3. The summed E-state index contributed by atoms with van der Waals surface area (Å²) in [5.41, 5.74) is 0. The zero-order chi connectivity index (χ0) is 14.8. The molecule has 0 bridgehead atoms. The van der Waals surface area contributed by atoms with E-state index in [1.165, 1.54) is 18.9 Å². The molecule has 0 aromatic carbocycles. The van der Waals surface area contributed by atoms with Crippen molar-refractivity contribution in [1.29, 1.82) is 0 Å². The van der Waals surface area contributed by atoms with Crippen LogP contribution in [0, 0.1) is 5.92 Å². The van der Waals surface area contributed by atoms with Crippen molar-refractivity contribution in [3.05, 3.63) is 17.0 Å². The SMILES string of the molecule is C[C@@H](NS(=O)(=O)c1ccc(CC(=O)O)s1)C1CCCC1. The van der Waals surface area contributed by atoms with Crippen molar-refractivity contribution in [2.24, 2.45) is 5.92 Å². The predicted octanol–water partition coefficient (Wildman–Crippen LogP) is 2.23. The van der Waals surface area contributed by atoms with Crippen LogP contribution in [0.2, 0.25) is 0 Å². The van der Waals surface area contributed by atoms with E-state index < -0.39 is 16.0 Å². The summed E-state index contributed by atoms with van der Waals surface area (Å²) >= 11 is 1.02. The molecular weight excluding hydrogens is 298 g/mol. The van der Waals surface area contributed by atoms with Crippen LogP contribution in [-0.4, -0.2) is 25.5 Å². The molecule has 5 nitrogen and oxygen atoms in total. The molecule has 0 amide bonds. The van der Waals surface area contributed by atoms with Gasteiger partial charge >= 0.3 is 5.97 Å². The zero-order valence-electron chi connectivity index (χ0n) is 11.3. The Hall–Kier alpha value is -0.920. The summed E-state index contributed by atoms with van der Waals surface area (Å²) in [4.78, 5) is 11.2. The lowest BCUT2D eigenvalue weighted by molar-refractivity contribution is -0.136. The van der Waals surface area contributed by atoms with E-state index in [2.05, 4.69) is 4.72 Å². The van der Waals surface area contributed by atoms with Crippen LogP contribution < -0.4 is 4.72 Å². The number of aliphatic carboxylic acids is 1. The minimum Gasteiger partial charge on any atom is -0.481 e. The molecule has 7 heteroatoms.